The predicted octanol–water partition coefficient (Wildman–Crippen LogP) is -0.0442. The molecular weight excluding hydrogens is 262 g/mol. The Balaban J connectivity index is 1.96. The molecule has 2 fully saturated rings. The Kier molecular flexibility index (Phi) is 4.94. The second-order valence-corrected chi connectivity index (χ2v) is 5.20. The number of nitrogens with one attached hydrogen (secondary N) is 1. The van der Waals surface area contributed by atoms with Gasteiger partial charge in [0, 0.05) is 19.1 Å². The summed E-state index contributed by atoms with van der Waals surface area (Å²) >= 11 is 0. The topological polar surface area (TPSA) is 79.0 Å². The van der Waals surface area contributed by atoms with E-state index < -0.39 is 0 Å². The summed E-state index contributed by atoms with van der Waals surface area (Å²) < 4.78 is 4.68. The minimum absolute atomic E-state index is 0.0905. The van der Waals surface area contributed by atoms with Crippen LogP contribution < -0.4 is 5.32 Å². The summed E-state index contributed by atoms with van der Waals surface area (Å²) in [6.07, 6.45) is 4.19. The number of urea groups is 1. The van der Waals surface area contributed by atoms with E-state index in [1.54, 1.807) is 0 Å². The molecule has 0 aromatic carbocycles. The monoisotopic (exact) mass is 283 g/mol. The fraction of sp³-hybridized carbons (Fsp3) is 0.769. The minimum Gasteiger partial charge on any atom is -0.468 e. The summed E-state index contributed by atoms with van der Waals surface area (Å²) in [5.74, 6) is -0.605. The normalized spacial score (nSPS) is 19.5. The molecule has 0 aromatic heterocycles. The third-order valence-electron chi connectivity index (χ3n) is 3.90. The van der Waals surface area contributed by atoms with Crippen LogP contribution >= 0.6 is 0 Å². The molecule has 0 atom stereocenters. The second-order valence-electron chi connectivity index (χ2n) is 5.20. The summed E-state index contributed by atoms with van der Waals surface area (Å²) in [6.45, 7) is 1.08. The van der Waals surface area contributed by atoms with Crippen molar-refractivity contribution in [3.63, 3.8) is 0 Å². The van der Waals surface area contributed by atoms with Crippen LogP contribution in [-0.2, 0) is 14.3 Å². The summed E-state index contributed by atoms with van der Waals surface area (Å²) in [4.78, 5) is 38.2. The molecule has 1 N–H and O–H groups in total. The number of esters is 1. The van der Waals surface area contributed by atoms with Crippen LogP contribution in [0, 0.1) is 0 Å². The number of carbonyl (C=O) groups is 3. The lowest BCUT2D eigenvalue weighted by Gasteiger charge is -2.28. The molecule has 3 amide bonds. The van der Waals surface area contributed by atoms with Crippen LogP contribution in [0.2, 0.25) is 0 Å². The molecule has 7 heteroatoms. The van der Waals surface area contributed by atoms with E-state index in [0.29, 0.717) is 13.1 Å². The van der Waals surface area contributed by atoms with Crippen LogP contribution in [0.1, 0.15) is 25.7 Å². The fourth-order valence-corrected chi connectivity index (χ4v) is 2.78. The number of hydrogen-bond acceptors (Lipinski definition) is 5. The molecule has 0 radical (unpaired) electrons. The highest BCUT2D eigenvalue weighted by molar-refractivity contribution is 5.96. The molecule has 0 bridgehead atoms. The summed E-state index contributed by atoms with van der Waals surface area (Å²) in [5.41, 5.74) is 0. The number of rotatable bonds is 5. The third-order valence-corrected chi connectivity index (χ3v) is 3.90. The number of nitrogens with zero attached hydrogens (tertiary/aromatic N) is 2. The first-order valence-corrected chi connectivity index (χ1v) is 7.01. The van der Waals surface area contributed by atoms with Crippen molar-refractivity contribution in [2.75, 3.05) is 33.3 Å². The van der Waals surface area contributed by atoms with Gasteiger partial charge in [-0.15, -0.1) is 0 Å². The van der Waals surface area contributed by atoms with E-state index in [2.05, 4.69) is 10.1 Å². The molecule has 112 valence electrons. The highest BCUT2D eigenvalue weighted by Gasteiger charge is 2.31. The summed E-state index contributed by atoms with van der Waals surface area (Å²) in [7, 11) is 1.34. The van der Waals surface area contributed by atoms with Crippen molar-refractivity contribution in [3.8, 4) is 0 Å². The first kappa shape index (κ1) is 14.8. The number of hydrogen-bond donors (Lipinski definition) is 1. The van der Waals surface area contributed by atoms with E-state index in [-0.39, 0.29) is 37.0 Å². The number of amides is 3. The van der Waals surface area contributed by atoms with Crippen molar-refractivity contribution in [1.29, 1.82) is 0 Å². The maximum absolute atomic E-state index is 12.2. The molecule has 1 heterocycles. The number of imide groups is 1. The predicted molar refractivity (Wildman–Crippen MR) is 71.0 cm³/mol. The molecule has 1 saturated carbocycles. The van der Waals surface area contributed by atoms with Crippen molar-refractivity contribution in [3.05, 3.63) is 0 Å². The zero-order valence-corrected chi connectivity index (χ0v) is 11.8. The Bertz CT molecular complexity index is 393. The SMILES string of the molecule is COC(=O)CN(CC(=O)N1CCNC1=O)C1CCCC1. The Morgan fingerprint density at radius 3 is 2.60 bits per heavy atom. The minimum atomic E-state index is -0.351. The van der Waals surface area contributed by atoms with Gasteiger partial charge in [-0.2, -0.15) is 0 Å². The van der Waals surface area contributed by atoms with Gasteiger partial charge in [-0.25, -0.2) is 4.79 Å². The molecule has 0 aromatic rings. The van der Waals surface area contributed by atoms with Gasteiger partial charge in [0.15, 0.2) is 0 Å². The average molecular weight is 283 g/mol. The van der Waals surface area contributed by atoms with Crippen molar-refractivity contribution in [1.82, 2.24) is 15.1 Å². The van der Waals surface area contributed by atoms with Crippen LogP contribution in [-0.4, -0.2) is 67.0 Å². The van der Waals surface area contributed by atoms with Gasteiger partial charge in [-0.05, 0) is 12.8 Å². The van der Waals surface area contributed by atoms with Gasteiger partial charge in [0.05, 0.1) is 20.2 Å². The summed E-state index contributed by atoms with van der Waals surface area (Å²) in [6, 6.07) is -0.122. The van der Waals surface area contributed by atoms with Gasteiger partial charge in [0.25, 0.3) is 0 Å². The number of ether oxygens (including phenoxy) is 1. The lowest BCUT2D eigenvalue weighted by atomic mass is 10.2. The van der Waals surface area contributed by atoms with E-state index in [9.17, 15) is 14.4 Å². The third kappa shape index (κ3) is 3.47. The maximum atomic E-state index is 12.2. The van der Waals surface area contributed by atoms with Crippen LogP contribution in [0.25, 0.3) is 0 Å². The lowest BCUT2D eigenvalue weighted by molar-refractivity contribution is -0.143. The number of methoxy groups -OCH3 is 1. The van der Waals surface area contributed by atoms with Crippen LogP contribution in [0.4, 0.5) is 4.79 Å². The second kappa shape index (κ2) is 6.69. The van der Waals surface area contributed by atoms with Crippen molar-refractivity contribution in [2.45, 2.75) is 31.7 Å². The first-order valence-electron chi connectivity index (χ1n) is 7.01. The fourth-order valence-electron chi connectivity index (χ4n) is 2.78. The molecular formula is C13H21N3O4. The van der Waals surface area contributed by atoms with E-state index in [1.807, 2.05) is 4.90 Å². The maximum Gasteiger partial charge on any atom is 0.324 e. The van der Waals surface area contributed by atoms with E-state index >= 15 is 0 Å². The van der Waals surface area contributed by atoms with Gasteiger partial charge in [0.2, 0.25) is 5.91 Å². The molecule has 0 spiro atoms. The highest BCUT2D eigenvalue weighted by Crippen LogP contribution is 2.23. The molecule has 1 aliphatic carbocycles. The molecule has 0 unspecified atom stereocenters. The van der Waals surface area contributed by atoms with Gasteiger partial charge in [0.1, 0.15) is 0 Å². The van der Waals surface area contributed by atoms with E-state index in [0.717, 1.165) is 25.7 Å². The van der Waals surface area contributed by atoms with E-state index in [1.165, 1.54) is 12.0 Å². The number of carbonyl (C=O) groups excluding carboxylic acids is 3. The largest absolute Gasteiger partial charge is 0.468 e. The Labute approximate surface area is 118 Å². The smallest absolute Gasteiger partial charge is 0.324 e. The molecule has 1 aliphatic heterocycles. The van der Waals surface area contributed by atoms with Gasteiger partial charge in [-0.3, -0.25) is 19.4 Å². The van der Waals surface area contributed by atoms with E-state index in [4.69, 9.17) is 0 Å². The van der Waals surface area contributed by atoms with Gasteiger partial charge in [-0.1, -0.05) is 12.8 Å². The Morgan fingerprint density at radius 2 is 2.05 bits per heavy atom. The summed E-state index contributed by atoms with van der Waals surface area (Å²) in [5, 5.41) is 2.60. The molecule has 7 nitrogen and oxygen atoms in total. The van der Waals surface area contributed by atoms with Crippen molar-refractivity contribution in [2.24, 2.45) is 0 Å². The quantitative estimate of drug-likeness (QED) is 0.716. The van der Waals surface area contributed by atoms with Gasteiger partial charge < -0.3 is 10.1 Å². The zero-order chi connectivity index (χ0) is 14.5. The standard InChI is InChI=1S/C13H21N3O4/c1-20-12(18)9-15(10-4-2-3-5-10)8-11(17)16-7-6-14-13(16)19/h10H,2-9H2,1H3,(H,14,19). The molecule has 2 rings (SSSR count). The van der Waals surface area contributed by atoms with Crippen LogP contribution in [0.3, 0.4) is 0 Å². The Hall–Kier alpha value is -1.63. The van der Waals surface area contributed by atoms with Crippen molar-refractivity contribution < 1.29 is 19.1 Å². The zero-order valence-electron chi connectivity index (χ0n) is 11.8. The molecule has 2 aliphatic rings. The van der Waals surface area contributed by atoms with Crippen LogP contribution in [0.15, 0.2) is 0 Å². The lowest BCUT2D eigenvalue weighted by Crippen LogP contribution is -2.46. The first-order chi connectivity index (χ1) is 9.61. The highest BCUT2D eigenvalue weighted by atomic mass is 16.5. The van der Waals surface area contributed by atoms with Gasteiger partial charge >= 0.3 is 12.0 Å². The average Bonchev–Trinajstić information content (AvgIpc) is 3.08. The molecule has 20 heavy (non-hydrogen) atoms. The Morgan fingerprint density at radius 1 is 1.35 bits per heavy atom. The van der Waals surface area contributed by atoms with Crippen LogP contribution in [0.5, 0.6) is 0 Å². The van der Waals surface area contributed by atoms with Crippen molar-refractivity contribution >= 4 is 17.9 Å². The molecule has 1 saturated heterocycles.